The highest BCUT2D eigenvalue weighted by Gasteiger charge is 2.24. The largest absolute Gasteiger partial charge is 0.493 e. The molecule has 0 bridgehead atoms. The lowest BCUT2D eigenvalue weighted by molar-refractivity contribution is -0.132. The van der Waals surface area contributed by atoms with Crippen molar-refractivity contribution in [2.24, 2.45) is 0 Å². The summed E-state index contributed by atoms with van der Waals surface area (Å²) in [7, 11) is 3.24. The number of thiophene rings is 1. The van der Waals surface area contributed by atoms with Crippen LogP contribution < -0.4 is 14.8 Å². The minimum atomic E-state index is -0.154. The summed E-state index contributed by atoms with van der Waals surface area (Å²) in [6.07, 6.45) is 6.85. The Kier molecular flexibility index (Phi) is 12.9. The fourth-order valence-electron chi connectivity index (χ4n) is 4.88. The number of aryl methyl sites for hydroxylation is 1. The number of amides is 3. The molecule has 216 valence electrons. The maximum Gasteiger partial charge on any atom is 0.318 e. The SMILES string of the molecule is CCOCCCN(CC(=O)N(CCc1ccc(OC)c(OC)c1)Cc1ccc(C)s1)C(=O)NC1CCCCC1. The van der Waals surface area contributed by atoms with Crippen LogP contribution in [0.1, 0.15) is 60.8 Å². The Morgan fingerprint density at radius 1 is 1.00 bits per heavy atom. The van der Waals surface area contributed by atoms with Crippen molar-refractivity contribution in [3.05, 3.63) is 45.6 Å². The number of nitrogens with zero attached hydrogens (tertiary/aromatic N) is 2. The van der Waals surface area contributed by atoms with Crippen molar-refractivity contribution < 1.29 is 23.8 Å². The Balaban J connectivity index is 1.71. The zero-order valence-electron chi connectivity index (χ0n) is 24.0. The molecule has 1 aromatic heterocycles. The molecule has 1 fully saturated rings. The van der Waals surface area contributed by atoms with Crippen molar-refractivity contribution in [1.29, 1.82) is 0 Å². The first-order valence-electron chi connectivity index (χ1n) is 14.1. The van der Waals surface area contributed by atoms with E-state index in [0.717, 1.165) is 36.1 Å². The third kappa shape index (κ3) is 10.0. The molecule has 1 heterocycles. The van der Waals surface area contributed by atoms with Crippen molar-refractivity contribution in [3.8, 4) is 11.5 Å². The number of hydrogen-bond acceptors (Lipinski definition) is 6. The van der Waals surface area contributed by atoms with Gasteiger partial charge in [-0.25, -0.2) is 4.79 Å². The average molecular weight is 560 g/mol. The Morgan fingerprint density at radius 2 is 1.77 bits per heavy atom. The molecule has 0 saturated heterocycles. The van der Waals surface area contributed by atoms with Gasteiger partial charge in [0.15, 0.2) is 11.5 Å². The van der Waals surface area contributed by atoms with Gasteiger partial charge in [-0.3, -0.25) is 4.79 Å². The molecular weight excluding hydrogens is 514 g/mol. The molecule has 0 radical (unpaired) electrons. The van der Waals surface area contributed by atoms with Crippen LogP contribution in [0.4, 0.5) is 4.79 Å². The van der Waals surface area contributed by atoms with Crippen LogP contribution in [-0.2, 0) is 22.5 Å². The van der Waals surface area contributed by atoms with E-state index in [1.165, 1.54) is 11.3 Å². The summed E-state index contributed by atoms with van der Waals surface area (Å²) in [6.45, 7) is 6.79. The Labute approximate surface area is 237 Å². The molecule has 8 nitrogen and oxygen atoms in total. The number of methoxy groups -OCH3 is 2. The summed E-state index contributed by atoms with van der Waals surface area (Å²) in [5, 5.41) is 3.19. The Bertz CT molecular complexity index is 1040. The van der Waals surface area contributed by atoms with E-state index in [2.05, 4.69) is 24.4 Å². The highest BCUT2D eigenvalue weighted by molar-refractivity contribution is 7.11. The van der Waals surface area contributed by atoms with Gasteiger partial charge in [-0.05, 0) is 69.4 Å². The maximum absolute atomic E-state index is 13.7. The predicted molar refractivity (Wildman–Crippen MR) is 156 cm³/mol. The van der Waals surface area contributed by atoms with Crippen LogP contribution in [0.3, 0.4) is 0 Å². The molecular formula is C30H45N3O5S. The van der Waals surface area contributed by atoms with Gasteiger partial charge in [0.25, 0.3) is 0 Å². The molecule has 0 spiro atoms. The van der Waals surface area contributed by atoms with Gasteiger partial charge in [0.1, 0.15) is 6.54 Å². The van der Waals surface area contributed by atoms with Crippen molar-refractivity contribution in [2.45, 2.75) is 71.4 Å². The molecule has 2 aromatic rings. The Morgan fingerprint density at radius 3 is 2.44 bits per heavy atom. The summed E-state index contributed by atoms with van der Waals surface area (Å²) in [5.74, 6) is 1.29. The van der Waals surface area contributed by atoms with Gasteiger partial charge in [-0.2, -0.15) is 0 Å². The van der Waals surface area contributed by atoms with Gasteiger partial charge in [-0.15, -0.1) is 11.3 Å². The van der Waals surface area contributed by atoms with E-state index in [4.69, 9.17) is 14.2 Å². The number of urea groups is 1. The minimum absolute atomic E-state index is 0.0426. The molecule has 1 N–H and O–H groups in total. The number of carbonyl (C=O) groups excluding carboxylic acids is 2. The van der Waals surface area contributed by atoms with Crippen LogP contribution >= 0.6 is 11.3 Å². The van der Waals surface area contributed by atoms with Gasteiger partial charge in [0.05, 0.1) is 20.8 Å². The predicted octanol–water partition coefficient (Wildman–Crippen LogP) is 5.42. The van der Waals surface area contributed by atoms with Crippen molar-refractivity contribution in [3.63, 3.8) is 0 Å². The van der Waals surface area contributed by atoms with Crippen molar-refractivity contribution in [1.82, 2.24) is 15.1 Å². The van der Waals surface area contributed by atoms with Crippen molar-refractivity contribution in [2.75, 3.05) is 47.1 Å². The van der Waals surface area contributed by atoms with Crippen LogP contribution in [0.25, 0.3) is 0 Å². The van der Waals surface area contributed by atoms with E-state index in [1.807, 2.05) is 30.0 Å². The summed E-state index contributed by atoms with van der Waals surface area (Å²) >= 11 is 1.69. The quantitative estimate of drug-likeness (QED) is 0.295. The first-order valence-corrected chi connectivity index (χ1v) is 14.9. The third-order valence-corrected chi connectivity index (χ3v) is 8.07. The molecule has 3 rings (SSSR count). The zero-order valence-corrected chi connectivity index (χ0v) is 24.8. The summed E-state index contributed by atoms with van der Waals surface area (Å²) in [6, 6.07) is 10.0. The van der Waals surface area contributed by atoms with E-state index < -0.39 is 0 Å². The zero-order chi connectivity index (χ0) is 28.0. The monoisotopic (exact) mass is 559 g/mol. The minimum Gasteiger partial charge on any atom is -0.493 e. The van der Waals surface area contributed by atoms with Gasteiger partial charge >= 0.3 is 6.03 Å². The number of benzene rings is 1. The first kappa shape index (κ1) is 30.8. The lowest BCUT2D eigenvalue weighted by Gasteiger charge is -2.30. The van der Waals surface area contributed by atoms with E-state index >= 15 is 0 Å². The second-order valence-corrected chi connectivity index (χ2v) is 11.4. The van der Waals surface area contributed by atoms with E-state index in [1.54, 1.807) is 30.5 Å². The standard InChI is InChI=1S/C30H45N3O5S/c1-5-38-19-9-17-33(30(35)31-25-10-7-6-8-11-25)22-29(34)32(21-26-14-12-23(2)39-26)18-16-24-13-15-27(36-3)28(20-24)37-4/h12-15,20,25H,5-11,16-19,21-22H2,1-4H3,(H,31,35). The molecule has 1 aliphatic carbocycles. The smallest absolute Gasteiger partial charge is 0.318 e. The van der Waals surface area contributed by atoms with Gasteiger partial charge in [-0.1, -0.05) is 25.3 Å². The number of ether oxygens (including phenoxy) is 3. The first-order chi connectivity index (χ1) is 18.9. The highest BCUT2D eigenvalue weighted by atomic mass is 32.1. The molecule has 1 aliphatic rings. The third-order valence-electron chi connectivity index (χ3n) is 7.08. The molecule has 0 atom stereocenters. The van der Waals surface area contributed by atoms with E-state index in [0.29, 0.717) is 57.2 Å². The second kappa shape index (κ2) is 16.4. The van der Waals surface area contributed by atoms with Gasteiger partial charge in [0, 0.05) is 42.1 Å². The number of nitrogens with one attached hydrogen (secondary N) is 1. The average Bonchev–Trinajstić information content (AvgIpc) is 3.37. The van der Waals surface area contributed by atoms with Gasteiger partial charge < -0.3 is 29.3 Å². The fourth-order valence-corrected chi connectivity index (χ4v) is 5.79. The second-order valence-electron chi connectivity index (χ2n) is 10.0. The summed E-state index contributed by atoms with van der Waals surface area (Å²) in [4.78, 5) is 32.9. The number of carbonyl (C=O) groups is 2. The van der Waals surface area contributed by atoms with Crippen molar-refractivity contribution >= 4 is 23.3 Å². The van der Waals surface area contributed by atoms with Crippen LogP contribution in [0.2, 0.25) is 0 Å². The lowest BCUT2D eigenvalue weighted by Crippen LogP contribution is -2.50. The normalized spacial score (nSPS) is 13.6. The highest BCUT2D eigenvalue weighted by Crippen LogP contribution is 2.28. The van der Waals surface area contributed by atoms with Crippen LogP contribution in [0.5, 0.6) is 11.5 Å². The number of rotatable bonds is 15. The molecule has 3 amide bonds. The molecule has 39 heavy (non-hydrogen) atoms. The molecule has 0 unspecified atom stereocenters. The van der Waals surface area contributed by atoms with Crippen LogP contribution in [-0.4, -0.2) is 74.8 Å². The molecule has 0 aliphatic heterocycles. The lowest BCUT2D eigenvalue weighted by atomic mass is 9.96. The molecule has 9 heteroatoms. The van der Waals surface area contributed by atoms with Crippen LogP contribution in [0.15, 0.2) is 30.3 Å². The van der Waals surface area contributed by atoms with Crippen LogP contribution in [0, 0.1) is 6.92 Å². The van der Waals surface area contributed by atoms with E-state index in [-0.39, 0.29) is 24.5 Å². The number of hydrogen-bond donors (Lipinski definition) is 1. The maximum atomic E-state index is 13.7. The van der Waals surface area contributed by atoms with E-state index in [9.17, 15) is 9.59 Å². The summed E-state index contributed by atoms with van der Waals surface area (Å²) < 4.78 is 16.3. The fraction of sp³-hybridized carbons (Fsp3) is 0.600. The molecule has 1 saturated carbocycles. The molecule has 1 aromatic carbocycles. The summed E-state index contributed by atoms with van der Waals surface area (Å²) in [5.41, 5.74) is 1.05. The Hall–Kier alpha value is -2.78. The topological polar surface area (TPSA) is 80.3 Å². The van der Waals surface area contributed by atoms with Gasteiger partial charge in [0.2, 0.25) is 5.91 Å².